The first kappa shape index (κ1) is 17.8. The van der Waals surface area contributed by atoms with Crippen LogP contribution >= 0.6 is 11.8 Å². The Morgan fingerprint density at radius 3 is 2.19 bits per heavy atom. The Labute approximate surface area is 132 Å². The van der Waals surface area contributed by atoms with Crippen LogP contribution in [0.15, 0.2) is 0 Å². The van der Waals surface area contributed by atoms with Crippen molar-refractivity contribution in [3.63, 3.8) is 0 Å². The van der Waals surface area contributed by atoms with E-state index in [1.165, 1.54) is 12.2 Å². The zero-order valence-electron chi connectivity index (χ0n) is 13.6. The smallest absolute Gasteiger partial charge is 0.231 e. The van der Waals surface area contributed by atoms with Gasteiger partial charge in [0.2, 0.25) is 17.8 Å². The van der Waals surface area contributed by atoms with Crippen molar-refractivity contribution in [2.24, 2.45) is 0 Å². The molecule has 0 atom stereocenters. The fourth-order valence-electron chi connectivity index (χ4n) is 1.90. The fourth-order valence-corrected chi connectivity index (χ4v) is 2.39. The molecule has 0 radical (unpaired) electrons. The molecule has 6 nitrogen and oxygen atoms in total. The van der Waals surface area contributed by atoms with E-state index >= 15 is 0 Å². The summed E-state index contributed by atoms with van der Waals surface area (Å²) in [6.07, 6.45) is 4.48. The van der Waals surface area contributed by atoms with Gasteiger partial charge in [0.05, 0.1) is 0 Å². The van der Waals surface area contributed by atoms with E-state index in [0.717, 1.165) is 38.5 Å². The maximum absolute atomic E-state index is 4.52. The van der Waals surface area contributed by atoms with Crippen molar-refractivity contribution in [3.05, 3.63) is 0 Å². The molecular formula is C14H28N6S. The van der Waals surface area contributed by atoms with E-state index in [1.54, 1.807) is 0 Å². The molecule has 21 heavy (non-hydrogen) atoms. The normalized spacial score (nSPS) is 10.5. The number of nitrogens with one attached hydrogen (secondary N) is 2. The van der Waals surface area contributed by atoms with Crippen LogP contribution in [0.3, 0.4) is 0 Å². The Morgan fingerprint density at radius 2 is 1.62 bits per heavy atom. The molecule has 120 valence electrons. The zero-order valence-corrected chi connectivity index (χ0v) is 14.5. The van der Waals surface area contributed by atoms with Gasteiger partial charge in [0.25, 0.3) is 0 Å². The lowest BCUT2D eigenvalue weighted by molar-refractivity contribution is 0.802. The minimum Gasteiger partial charge on any atom is -0.354 e. The summed E-state index contributed by atoms with van der Waals surface area (Å²) in [5, 5.41) is 6.48. The van der Waals surface area contributed by atoms with Crippen LogP contribution in [0.4, 0.5) is 17.8 Å². The van der Waals surface area contributed by atoms with Crippen molar-refractivity contribution in [1.29, 1.82) is 0 Å². The number of unbranched alkanes of at least 4 members (excludes halogenated alkanes) is 1. The predicted molar refractivity (Wildman–Crippen MR) is 93.7 cm³/mol. The van der Waals surface area contributed by atoms with E-state index in [2.05, 4.69) is 50.6 Å². The lowest BCUT2D eigenvalue weighted by atomic mass is 10.3. The summed E-state index contributed by atoms with van der Waals surface area (Å²) >= 11 is 1.88. The first-order chi connectivity index (χ1) is 10.2. The van der Waals surface area contributed by atoms with Crippen LogP contribution in [0.5, 0.6) is 0 Å². The lowest BCUT2D eigenvalue weighted by Gasteiger charge is -2.19. The summed E-state index contributed by atoms with van der Waals surface area (Å²) in [4.78, 5) is 15.5. The van der Waals surface area contributed by atoms with Crippen molar-refractivity contribution in [3.8, 4) is 0 Å². The maximum atomic E-state index is 4.52. The summed E-state index contributed by atoms with van der Waals surface area (Å²) < 4.78 is 0. The molecule has 0 saturated carbocycles. The first-order valence-corrected chi connectivity index (χ1v) is 9.12. The number of rotatable bonds is 11. The molecule has 7 heteroatoms. The van der Waals surface area contributed by atoms with Gasteiger partial charge in [-0.1, -0.05) is 0 Å². The second kappa shape index (κ2) is 10.5. The molecule has 0 bridgehead atoms. The highest BCUT2D eigenvalue weighted by Crippen LogP contribution is 2.13. The van der Waals surface area contributed by atoms with E-state index in [4.69, 9.17) is 0 Å². The SMILES string of the molecule is CCNc1nc(NCCCCSC)nc(N(CC)CC)n1. The summed E-state index contributed by atoms with van der Waals surface area (Å²) in [6.45, 7) is 9.73. The molecule has 0 aliphatic carbocycles. The van der Waals surface area contributed by atoms with E-state index in [-0.39, 0.29) is 0 Å². The van der Waals surface area contributed by atoms with Crippen LogP contribution in [0, 0.1) is 0 Å². The van der Waals surface area contributed by atoms with Crippen LogP contribution in [0.1, 0.15) is 33.6 Å². The molecule has 1 rings (SSSR count). The van der Waals surface area contributed by atoms with Crippen molar-refractivity contribution >= 4 is 29.6 Å². The summed E-state index contributed by atoms with van der Waals surface area (Å²) in [5.41, 5.74) is 0. The third kappa shape index (κ3) is 6.37. The van der Waals surface area contributed by atoms with Crippen LogP contribution in [-0.4, -0.2) is 53.1 Å². The van der Waals surface area contributed by atoms with Gasteiger partial charge in [-0.3, -0.25) is 0 Å². The van der Waals surface area contributed by atoms with Gasteiger partial charge < -0.3 is 15.5 Å². The molecule has 0 aromatic carbocycles. The van der Waals surface area contributed by atoms with Gasteiger partial charge in [-0.2, -0.15) is 26.7 Å². The van der Waals surface area contributed by atoms with Crippen molar-refractivity contribution < 1.29 is 0 Å². The quantitative estimate of drug-likeness (QED) is 0.609. The minimum absolute atomic E-state index is 0.640. The Bertz CT molecular complexity index is 397. The molecule has 0 saturated heterocycles. The predicted octanol–water partition coefficient (Wildman–Crippen LogP) is 2.70. The van der Waals surface area contributed by atoms with Crippen molar-refractivity contribution in [2.45, 2.75) is 33.6 Å². The highest BCUT2D eigenvalue weighted by atomic mass is 32.2. The molecule has 0 fully saturated rings. The second-order valence-corrected chi connectivity index (χ2v) is 5.60. The van der Waals surface area contributed by atoms with Gasteiger partial charge in [-0.15, -0.1) is 0 Å². The number of hydrogen-bond acceptors (Lipinski definition) is 7. The molecular weight excluding hydrogens is 284 g/mol. The summed E-state index contributed by atoms with van der Waals surface area (Å²) in [5.74, 6) is 3.23. The van der Waals surface area contributed by atoms with Gasteiger partial charge >= 0.3 is 0 Å². The average molecular weight is 312 g/mol. The molecule has 1 heterocycles. The van der Waals surface area contributed by atoms with E-state index in [0.29, 0.717) is 11.9 Å². The third-order valence-electron chi connectivity index (χ3n) is 3.06. The second-order valence-electron chi connectivity index (χ2n) is 4.61. The lowest BCUT2D eigenvalue weighted by Crippen LogP contribution is -2.25. The van der Waals surface area contributed by atoms with E-state index in [1.807, 2.05) is 18.7 Å². The summed E-state index contributed by atoms with van der Waals surface area (Å²) in [7, 11) is 0. The molecule has 2 N–H and O–H groups in total. The molecule has 1 aromatic rings. The van der Waals surface area contributed by atoms with E-state index in [9.17, 15) is 0 Å². The Morgan fingerprint density at radius 1 is 0.952 bits per heavy atom. The van der Waals surface area contributed by atoms with Gasteiger partial charge in [0, 0.05) is 26.2 Å². The molecule has 1 aromatic heterocycles. The van der Waals surface area contributed by atoms with Crippen molar-refractivity contribution in [1.82, 2.24) is 15.0 Å². The molecule has 0 aliphatic heterocycles. The zero-order chi connectivity index (χ0) is 15.5. The van der Waals surface area contributed by atoms with Gasteiger partial charge in [0.15, 0.2) is 0 Å². The number of nitrogens with zero attached hydrogens (tertiary/aromatic N) is 4. The van der Waals surface area contributed by atoms with Gasteiger partial charge in [0.1, 0.15) is 0 Å². The minimum atomic E-state index is 0.640. The Kier molecular flexibility index (Phi) is 8.89. The van der Waals surface area contributed by atoms with Crippen LogP contribution in [0.25, 0.3) is 0 Å². The first-order valence-electron chi connectivity index (χ1n) is 7.72. The number of hydrogen-bond donors (Lipinski definition) is 2. The van der Waals surface area contributed by atoms with Crippen LogP contribution in [0.2, 0.25) is 0 Å². The fraction of sp³-hybridized carbons (Fsp3) is 0.786. The third-order valence-corrected chi connectivity index (χ3v) is 3.76. The topological polar surface area (TPSA) is 66.0 Å². The molecule has 0 spiro atoms. The highest BCUT2D eigenvalue weighted by Gasteiger charge is 2.10. The number of aromatic nitrogens is 3. The maximum Gasteiger partial charge on any atom is 0.231 e. The summed E-state index contributed by atoms with van der Waals surface area (Å²) in [6, 6.07) is 0. The van der Waals surface area contributed by atoms with Crippen molar-refractivity contribution in [2.75, 3.05) is 53.7 Å². The average Bonchev–Trinajstić information content (AvgIpc) is 2.48. The monoisotopic (exact) mass is 312 g/mol. The highest BCUT2D eigenvalue weighted by molar-refractivity contribution is 7.98. The molecule has 0 unspecified atom stereocenters. The number of thioether (sulfide) groups is 1. The molecule has 0 aliphatic rings. The van der Waals surface area contributed by atoms with Crippen LogP contribution < -0.4 is 15.5 Å². The standard InChI is InChI=1S/C14H28N6S/c1-5-15-12-17-13(16-10-8-9-11-21-4)19-14(18-12)20(6-2)7-3/h5-11H2,1-4H3,(H2,15,16,17,18,19). The molecule has 0 amide bonds. The Balaban J connectivity index is 2.72. The van der Waals surface area contributed by atoms with Gasteiger partial charge in [-0.25, -0.2) is 0 Å². The largest absolute Gasteiger partial charge is 0.354 e. The van der Waals surface area contributed by atoms with E-state index < -0.39 is 0 Å². The van der Waals surface area contributed by atoms with Crippen LogP contribution in [-0.2, 0) is 0 Å². The van der Waals surface area contributed by atoms with Gasteiger partial charge in [-0.05, 0) is 45.6 Å². The Hall–Kier alpha value is -1.24. The number of anilines is 3.